The van der Waals surface area contributed by atoms with E-state index in [0.29, 0.717) is 10.0 Å². The predicted octanol–water partition coefficient (Wildman–Crippen LogP) is 0.963. The van der Waals surface area contributed by atoms with Crippen molar-refractivity contribution in [1.29, 1.82) is 0 Å². The van der Waals surface area contributed by atoms with E-state index in [0.717, 1.165) is 0 Å². The summed E-state index contributed by atoms with van der Waals surface area (Å²) in [5, 5.41) is 8.24. The van der Waals surface area contributed by atoms with E-state index in [9.17, 15) is 4.79 Å². The molecular formula is C6H5BrN2O2. The number of pyridine rings is 1. The highest BCUT2D eigenvalue weighted by atomic mass is 79.9. The second-order valence-corrected chi connectivity index (χ2v) is 2.75. The summed E-state index contributed by atoms with van der Waals surface area (Å²) in [5.41, 5.74) is 1.82. The standard InChI is InChI=1S/C6H5BrN2O2/c7-5-1-4(2-8-3-5)6(10)9-11/h1-3,11H,(H,9,10). The third-order valence-electron chi connectivity index (χ3n) is 1.07. The fraction of sp³-hybridized carbons (Fsp3) is 0. The summed E-state index contributed by atoms with van der Waals surface area (Å²) in [5.74, 6) is -0.571. The molecule has 1 heterocycles. The normalized spacial score (nSPS) is 9.27. The molecule has 0 unspecified atom stereocenters. The highest BCUT2D eigenvalue weighted by Crippen LogP contribution is 2.08. The van der Waals surface area contributed by atoms with Crippen LogP contribution in [0.3, 0.4) is 0 Å². The lowest BCUT2D eigenvalue weighted by atomic mass is 10.3. The molecule has 0 aliphatic heterocycles. The van der Waals surface area contributed by atoms with Crippen molar-refractivity contribution in [3.05, 3.63) is 28.5 Å². The summed E-state index contributed by atoms with van der Waals surface area (Å²) in [4.78, 5) is 14.5. The van der Waals surface area contributed by atoms with Crippen LogP contribution in [0.1, 0.15) is 10.4 Å². The molecule has 11 heavy (non-hydrogen) atoms. The van der Waals surface area contributed by atoms with Crippen LogP contribution in [0.4, 0.5) is 0 Å². The minimum Gasteiger partial charge on any atom is -0.288 e. The van der Waals surface area contributed by atoms with Gasteiger partial charge in [-0.05, 0) is 22.0 Å². The molecule has 0 radical (unpaired) electrons. The summed E-state index contributed by atoms with van der Waals surface area (Å²) in [7, 11) is 0. The minimum atomic E-state index is -0.571. The van der Waals surface area contributed by atoms with E-state index in [2.05, 4.69) is 20.9 Å². The molecule has 0 bridgehead atoms. The number of carbonyl (C=O) groups excluding carboxylic acids is 1. The second-order valence-electron chi connectivity index (χ2n) is 1.83. The third-order valence-corrected chi connectivity index (χ3v) is 1.50. The zero-order chi connectivity index (χ0) is 8.27. The Bertz CT molecular complexity index is 277. The van der Waals surface area contributed by atoms with E-state index in [-0.39, 0.29) is 0 Å². The lowest BCUT2D eigenvalue weighted by molar-refractivity contribution is 0.0706. The first-order chi connectivity index (χ1) is 5.24. The molecule has 1 rings (SSSR count). The molecule has 0 aliphatic rings. The number of hydrogen-bond acceptors (Lipinski definition) is 3. The van der Waals surface area contributed by atoms with E-state index >= 15 is 0 Å². The van der Waals surface area contributed by atoms with Crippen molar-refractivity contribution in [1.82, 2.24) is 10.5 Å². The van der Waals surface area contributed by atoms with Gasteiger partial charge in [0.2, 0.25) is 0 Å². The maximum absolute atomic E-state index is 10.7. The van der Waals surface area contributed by atoms with Gasteiger partial charge in [0.05, 0.1) is 5.56 Å². The van der Waals surface area contributed by atoms with E-state index in [1.54, 1.807) is 12.3 Å². The Hall–Kier alpha value is -0.940. The first-order valence-corrected chi connectivity index (χ1v) is 3.58. The molecule has 0 aliphatic carbocycles. The number of carbonyl (C=O) groups is 1. The molecule has 0 spiro atoms. The lowest BCUT2D eigenvalue weighted by Crippen LogP contribution is -2.18. The van der Waals surface area contributed by atoms with Gasteiger partial charge in [-0.15, -0.1) is 0 Å². The van der Waals surface area contributed by atoms with Crippen molar-refractivity contribution in [2.45, 2.75) is 0 Å². The molecule has 0 atom stereocenters. The molecule has 2 N–H and O–H groups in total. The van der Waals surface area contributed by atoms with Gasteiger partial charge in [0.1, 0.15) is 0 Å². The van der Waals surface area contributed by atoms with Crippen LogP contribution in [-0.2, 0) is 0 Å². The van der Waals surface area contributed by atoms with Crippen LogP contribution >= 0.6 is 15.9 Å². The van der Waals surface area contributed by atoms with Crippen LogP contribution in [-0.4, -0.2) is 16.1 Å². The largest absolute Gasteiger partial charge is 0.288 e. The number of nitrogens with zero attached hydrogens (tertiary/aromatic N) is 1. The summed E-state index contributed by atoms with van der Waals surface area (Å²) in [6, 6.07) is 1.55. The molecule has 4 nitrogen and oxygen atoms in total. The maximum Gasteiger partial charge on any atom is 0.276 e. The summed E-state index contributed by atoms with van der Waals surface area (Å²) < 4.78 is 0.693. The number of aromatic nitrogens is 1. The van der Waals surface area contributed by atoms with Gasteiger partial charge in [0, 0.05) is 16.9 Å². The first-order valence-electron chi connectivity index (χ1n) is 2.79. The molecule has 0 fully saturated rings. The van der Waals surface area contributed by atoms with E-state index in [4.69, 9.17) is 5.21 Å². The Labute approximate surface area is 71.3 Å². The Morgan fingerprint density at radius 1 is 1.64 bits per heavy atom. The van der Waals surface area contributed by atoms with Gasteiger partial charge in [-0.3, -0.25) is 15.0 Å². The molecule has 5 heteroatoms. The lowest BCUT2D eigenvalue weighted by Gasteiger charge is -1.96. The van der Waals surface area contributed by atoms with Gasteiger partial charge < -0.3 is 0 Å². The van der Waals surface area contributed by atoms with Gasteiger partial charge >= 0.3 is 0 Å². The fourth-order valence-corrected chi connectivity index (χ4v) is 0.965. The topological polar surface area (TPSA) is 62.2 Å². The van der Waals surface area contributed by atoms with Gasteiger partial charge in [-0.1, -0.05) is 0 Å². The highest BCUT2D eigenvalue weighted by Gasteiger charge is 2.03. The molecule has 1 aromatic heterocycles. The molecule has 58 valence electrons. The van der Waals surface area contributed by atoms with Crippen molar-refractivity contribution >= 4 is 21.8 Å². The molecule has 1 amide bonds. The van der Waals surface area contributed by atoms with Crippen LogP contribution < -0.4 is 5.48 Å². The number of rotatable bonds is 1. The van der Waals surface area contributed by atoms with E-state index in [1.807, 2.05) is 0 Å². The molecule has 0 aromatic carbocycles. The average Bonchev–Trinajstić information content (AvgIpc) is 2.03. The first kappa shape index (κ1) is 8.16. The predicted molar refractivity (Wildman–Crippen MR) is 41.2 cm³/mol. The van der Waals surface area contributed by atoms with Gasteiger partial charge in [-0.25, -0.2) is 5.48 Å². The van der Waals surface area contributed by atoms with Crippen molar-refractivity contribution in [2.24, 2.45) is 0 Å². The van der Waals surface area contributed by atoms with Gasteiger partial charge in [0.25, 0.3) is 5.91 Å². The molecule has 0 saturated heterocycles. The zero-order valence-electron chi connectivity index (χ0n) is 5.41. The number of hydrogen-bond donors (Lipinski definition) is 2. The average molecular weight is 217 g/mol. The fourth-order valence-electron chi connectivity index (χ4n) is 0.601. The summed E-state index contributed by atoms with van der Waals surface area (Å²) in [6.45, 7) is 0. The van der Waals surface area contributed by atoms with Crippen molar-refractivity contribution in [3.63, 3.8) is 0 Å². The smallest absolute Gasteiger partial charge is 0.276 e. The second kappa shape index (κ2) is 3.45. The van der Waals surface area contributed by atoms with Crippen molar-refractivity contribution < 1.29 is 10.0 Å². The van der Waals surface area contributed by atoms with Crippen LogP contribution in [0.25, 0.3) is 0 Å². The molecule has 1 aromatic rings. The van der Waals surface area contributed by atoms with Gasteiger partial charge in [-0.2, -0.15) is 0 Å². The number of halogens is 1. The number of nitrogens with one attached hydrogen (secondary N) is 1. The quantitative estimate of drug-likeness (QED) is 0.544. The molecule has 0 saturated carbocycles. The Balaban J connectivity index is 2.96. The SMILES string of the molecule is O=C(NO)c1cncc(Br)c1. The van der Waals surface area contributed by atoms with Crippen LogP contribution in [0.15, 0.2) is 22.9 Å². The Morgan fingerprint density at radius 3 is 2.91 bits per heavy atom. The maximum atomic E-state index is 10.7. The van der Waals surface area contributed by atoms with E-state index < -0.39 is 5.91 Å². The van der Waals surface area contributed by atoms with Crippen molar-refractivity contribution in [2.75, 3.05) is 0 Å². The number of hydroxylamine groups is 1. The van der Waals surface area contributed by atoms with Crippen LogP contribution in [0, 0.1) is 0 Å². The van der Waals surface area contributed by atoms with Crippen molar-refractivity contribution in [3.8, 4) is 0 Å². The van der Waals surface area contributed by atoms with Crippen LogP contribution in [0.5, 0.6) is 0 Å². The van der Waals surface area contributed by atoms with Gasteiger partial charge in [0.15, 0.2) is 0 Å². The Morgan fingerprint density at radius 2 is 2.36 bits per heavy atom. The van der Waals surface area contributed by atoms with Crippen LogP contribution in [0.2, 0.25) is 0 Å². The summed E-state index contributed by atoms with van der Waals surface area (Å²) in [6.07, 6.45) is 2.91. The number of amides is 1. The molecular weight excluding hydrogens is 212 g/mol. The summed E-state index contributed by atoms with van der Waals surface area (Å²) >= 11 is 3.14. The third kappa shape index (κ3) is 1.99. The van der Waals surface area contributed by atoms with E-state index in [1.165, 1.54) is 11.7 Å². The minimum absolute atomic E-state index is 0.307. The Kier molecular flexibility index (Phi) is 2.56. The monoisotopic (exact) mass is 216 g/mol. The highest BCUT2D eigenvalue weighted by molar-refractivity contribution is 9.10. The zero-order valence-corrected chi connectivity index (χ0v) is 7.00.